The Kier molecular flexibility index (Phi) is 1.86. The monoisotopic (exact) mass is 186 g/mol. The van der Waals surface area contributed by atoms with Gasteiger partial charge in [-0.3, -0.25) is 0 Å². The highest BCUT2D eigenvalue weighted by molar-refractivity contribution is 5.83. The first kappa shape index (κ1) is 8.57. The largest absolute Gasteiger partial charge is 0.369 e. The van der Waals surface area contributed by atoms with Gasteiger partial charge in [-0.05, 0) is 19.1 Å². The van der Waals surface area contributed by atoms with Crippen LogP contribution in [0, 0.1) is 11.3 Å². The van der Waals surface area contributed by atoms with E-state index in [1.807, 2.05) is 23.6 Å². The van der Waals surface area contributed by atoms with Gasteiger partial charge in [-0.1, -0.05) is 6.07 Å². The van der Waals surface area contributed by atoms with Crippen LogP contribution in [-0.4, -0.2) is 9.55 Å². The maximum absolute atomic E-state index is 8.87. The summed E-state index contributed by atoms with van der Waals surface area (Å²) in [5.74, 6) is 0.463. The maximum atomic E-state index is 8.87. The molecule has 0 aliphatic carbocycles. The zero-order valence-corrected chi connectivity index (χ0v) is 7.86. The minimum atomic E-state index is 0.463. The molecule has 0 atom stereocenters. The highest BCUT2D eigenvalue weighted by Gasteiger charge is 2.09. The summed E-state index contributed by atoms with van der Waals surface area (Å²) in [6.45, 7) is 2.76. The highest BCUT2D eigenvalue weighted by Crippen LogP contribution is 2.20. The number of nitrogens with two attached hydrogens (primary N) is 1. The van der Waals surface area contributed by atoms with Crippen LogP contribution >= 0.6 is 0 Å². The van der Waals surface area contributed by atoms with Crippen LogP contribution in [0.5, 0.6) is 0 Å². The molecule has 0 aliphatic heterocycles. The molecule has 1 heterocycles. The van der Waals surface area contributed by atoms with E-state index in [2.05, 4.69) is 11.1 Å². The lowest BCUT2D eigenvalue weighted by molar-refractivity contribution is 0.800. The van der Waals surface area contributed by atoms with Crippen LogP contribution in [0.2, 0.25) is 0 Å². The van der Waals surface area contributed by atoms with Gasteiger partial charge in [0.1, 0.15) is 11.6 Å². The number of rotatable bonds is 1. The second-order valence-corrected chi connectivity index (χ2v) is 3.00. The molecule has 1 aromatic carbocycles. The van der Waals surface area contributed by atoms with Crippen LogP contribution in [0.4, 0.5) is 5.95 Å². The Balaban J connectivity index is 2.87. The molecule has 0 fully saturated rings. The Morgan fingerprint density at radius 1 is 1.57 bits per heavy atom. The molecule has 0 aliphatic rings. The molecule has 14 heavy (non-hydrogen) atoms. The number of fused-ring (bicyclic) bond motifs is 1. The number of nitriles is 1. The smallest absolute Gasteiger partial charge is 0.201 e. The summed E-state index contributed by atoms with van der Waals surface area (Å²) in [7, 11) is 0. The summed E-state index contributed by atoms with van der Waals surface area (Å²) in [6, 6.07) is 7.61. The number of imidazole rings is 1. The molecule has 0 radical (unpaired) electrons. The first-order valence-corrected chi connectivity index (χ1v) is 4.42. The minimum absolute atomic E-state index is 0.463. The van der Waals surface area contributed by atoms with Crippen molar-refractivity contribution < 1.29 is 0 Å². The predicted molar refractivity (Wildman–Crippen MR) is 54.5 cm³/mol. The molecule has 2 aromatic rings. The fourth-order valence-corrected chi connectivity index (χ4v) is 1.59. The van der Waals surface area contributed by atoms with Crippen molar-refractivity contribution in [3.63, 3.8) is 0 Å². The van der Waals surface area contributed by atoms with Gasteiger partial charge < -0.3 is 10.3 Å². The van der Waals surface area contributed by atoms with Crippen molar-refractivity contribution in [2.45, 2.75) is 13.5 Å². The summed E-state index contributed by atoms with van der Waals surface area (Å²) < 4.78 is 1.89. The van der Waals surface area contributed by atoms with Gasteiger partial charge in [-0.2, -0.15) is 5.26 Å². The Labute approximate surface area is 81.6 Å². The van der Waals surface area contributed by atoms with Crippen LogP contribution in [0.25, 0.3) is 11.0 Å². The molecule has 0 bridgehead atoms. The fraction of sp³-hybridized carbons (Fsp3) is 0.200. The Hall–Kier alpha value is -2.02. The minimum Gasteiger partial charge on any atom is -0.369 e. The van der Waals surface area contributed by atoms with Crippen molar-refractivity contribution >= 4 is 17.0 Å². The quantitative estimate of drug-likeness (QED) is 0.734. The Bertz CT molecular complexity index is 519. The molecule has 1 aromatic heterocycles. The lowest BCUT2D eigenvalue weighted by Crippen LogP contribution is -2.00. The van der Waals surface area contributed by atoms with Crippen molar-refractivity contribution in [3.05, 3.63) is 23.8 Å². The SMILES string of the molecule is CCn1c(N)nc2c(C#N)cccc21. The van der Waals surface area contributed by atoms with E-state index in [9.17, 15) is 0 Å². The van der Waals surface area contributed by atoms with Gasteiger partial charge in [0.25, 0.3) is 0 Å². The summed E-state index contributed by atoms with van der Waals surface area (Å²) in [6.07, 6.45) is 0. The van der Waals surface area contributed by atoms with E-state index in [4.69, 9.17) is 11.0 Å². The molecule has 4 nitrogen and oxygen atoms in total. The van der Waals surface area contributed by atoms with Crippen LogP contribution in [0.15, 0.2) is 18.2 Å². The molecule has 2 rings (SSSR count). The van der Waals surface area contributed by atoms with Crippen molar-refractivity contribution in [2.24, 2.45) is 0 Å². The van der Waals surface area contributed by atoms with Gasteiger partial charge in [0.15, 0.2) is 0 Å². The van der Waals surface area contributed by atoms with E-state index < -0.39 is 0 Å². The first-order chi connectivity index (χ1) is 6.77. The number of nitrogens with zero attached hydrogens (tertiary/aromatic N) is 3. The van der Waals surface area contributed by atoms with Crippen LogP contribution < -0.4 is 5.73 Å². The Morgan fingerprint density at radius 2 is 2.36 bits per heavy atom. The topological polar surface area (TPSA) is 67.6 Å². The summed E-state index contributed by atoms with van der Waals surface area (Å²) in [4.78, 5) is 4.17. The van der Waals surface area contributed by atoms with Crippen molar-refractivity contribution in [2.75, 3.05) is 5.73 Å². The van der Waals surface area contributed by atoms with Gasteiger partial charge in [-0.15, -0.1) is 0 Å². The number of para-hydroxylation sites is 1. The van der Waals surface area contributed by atoms with E-state index in [0.717, 1.165) is 12.1 Å². The van der Waals surface area contributed by atoms with E-state index in [-0.39, 0.29) is 0 Å². The number of benzene rings is 1. The molecular formula is C10H10N4. The number of nitrogen functional groups attached to an aromatic ring is 1. The standard InChI is InChI=1S/C10H10N4/c1-2-14-8-5-3-4-7(6-11)9(8)13-10(14)12/h3-5H,2H2,1H3,(H2,12,13). The second kappa shape index (κ2) is 3.04. The van der Waals surface area contributed by atoms with E-state index in [1.54, 1.807) is 6.07 Å². The van der Waals surface area contributed by atoms with Crippen LogP contribution in [0.1, 0.15) is 12.5 Å². The lowest BCUT2D eigenvalue weighted by atomic mass is 10.2. The zero-order valence-electron chi connectivity index (χ0n) is 7.86. The summed E-state index contributed by atoms with van der Waals surface area (Å²) in [5, 5.41) is 8.87. The van der Waals surface area contributed by atoms with E-state index in [1.165, 1.54) is 0 Å². The fourth-order valence-electron chi connectivity index (χ4n) is 1.59. The number of aryl methyl sites for hydroxylation is 1. The van der Waals surface area contributed by atoms with Gasteiger partial charge >= 0.3 is 0 Å². The number of anilines is 1. The molecule has 0 saturated heterocycles. The molecule has 0 unspecified atom stereocenters. The normalized spacial score (nSPS) is 10.3. The average Bonchev–Trinajstić information content (AvgIpc) is 2.52. The lowest BCUT2D eigenvalue weighted by Gasteiger charge is -2.00. The summed E-state index contributed by atoms with van der Waals surface area (Å²) >= 11 is 0. The van der Waals surface area contributed by atoms with Crippen LogP contribution in [-0.2, 0) is 6.54 Å². The third-order valence-electron chi connectivity index (χ3n) is 2.25. The number of hydrogen-bond acceptors (Lipinski definition) is 3. The molecule has 0 amide bonds. The van der Waals surface area contributed by atoms with Gasteiger partial charge in [0, 0.05) is 6.54 Å². The number of hydrogen-bond donors (Lipinski definition) is 1. The third kappa shape index (κ3) is 1.03. The zero-order chi connectivity index (χ0) is 10.1. The number of aromatic nitrogens is 2. The second-order valence-electron chi connectivity index (χ2n) is 3.00. The molecule has 4 heteroatoms. The third-order valence-corrected chi connectivity index (χ3v) is 2.25. The van der Waals surface area contributed by atoms with Crippen LogP contribution in [0.3, 0.4) is 0 Å². The van der Waals surface area contributed by atoms with Crippen molar-refractivity contribution in [3.8, 4) is 6.07 Å². The Morgan fingerprint density at radius 3 is 3.00 bits per heavy atom. The van der Waals surface area contributed by atoms with Crippen molar-refractivity contribution in [1.82, 2.24) is 9.55 Å². The van der Waals surface area contributed by atoms with Crippen molar-refractivity contribution in [1.29, 1.82) is 5.26 Å². The van der Waals surface area contributed by atoms with Gasteiger partial charge in [-0.25, -0.2) is 4.98 Å². The van der Waals surface area contributed by atoms with Gasteiger partial charge in [0.05, 0.1) is 11.1 Å². The molecule has 2 N–H and O–H groups in total. The molecule has 0 saturated carbocycles. The first-order valence-electron chi connectivity index (χ1n) is 4.42. The average molecular weight is 186 g/mol. The summed E-state index contributed by atoms with van der Waals surface area (Å²) in [5.41, 5.74) is 7.91. The molecular weight excluding hydrogens is 176 g/mol. The predicted octanol–water partition coefficient (Wildman–Crippen LogP) is 1.51. The highest BCUT2D eigenvalue weighted by atomic mass is 15.1. The molecule has 70 valence electrons. The van der Waals surface area contributed by atoms with Gasteiger partial charge in [0.2, 0.25) is 5.95 Å². The van der Waals surface area contributed by atoms with E-state index >= 15 is 0 Å². The van der Waals surface area contributed by atoms with E-state index in [0.29, 0.717) is 17.0 Å². The maximum Gasteiger partial charge on any atom is 0.201 e. The molecule has 0 spiro atoms.